The number of rotatable bonds is 4. The third-order valence-corrected chi connectivity index (χ3v) is 4.49. The Kier molecular flexibility index (Phi) is 7.72. The van der Waals surface area contributed by atoms with Crippen molar-refractivity contribution in [3.05, 3.63) is 34.6 Å². The summed E-state index contributed by atoms with van der Waals surface area (Å²) in [6, 6.07) is 5.19. The second-order valence-electron chi connectivity index (χ2n) is 5.65. The van der Waals surface area contributed by atoms with E-state index in [0.29, 0.717) is 11.1 Å². The number of piperazine rings is 1. The fourth-order valence-corrected chi connectivity index (χ4v) is 3.20. The molecule has 1 aliphatic carbocycles. The van der Waals surface area contributed by atoms with Crippen molar-refractivity contribution in [2.45, 2.75) is 25.3 Å². The highest BCUT2D eigenvalue weighted by molar-refractivity contribution is 6.31. The molecule has 0 unspecified atom stereocenters. The lowest BCUT2D eigenvalue weighted by Crippen LogP contribution is -2.45. The molecule has 21 heavy (non-hydrogen) atoms. The van der Waals surface area contributed by atoms with Gasteiger partial charge in [0.05, 0.1) is 0 Å². The fraction of sp³-hybridized carbons (Fsp3) is 0.600. The highest BCUT2D eigenvalue weighted by Gasteiger charge is 2.31. The Bertz CT molecular complexity index is 449. The van der Waals surface area contributed by atoms with Crippen LogP contribution in [0, 0.1) is 11.7 Å². The van der Waals surface area contributed by atoms with Crippen molar-refractivity contribution < 1.29 is 4.39 Å². The highest BCUT2D eigenvalue weighted by atomic mass is 35.5. The number of hydrogen-bond donors (Lipinski definition) is 1. The first-order chi connectivity index (χ1) is 9.24. The van der Waals surface area contributed by atoms with Gasteiger partial charge in [-0.25, -0.2) is 4.39 Å². The number of benzene rings is 1. The Morgan fingerprint density at radius 2 is 1.90 bits per heavy atom. The predicted octanol–water partition coefficient (Wildman–Crippen LogP) is 4.07. The van der Waals surface area contributed by atoms with Crippen LogP contribution in [0.25, 0.3) is 0 Å². The van der Waals surface area contributed by atoms with Crippen LogP contribution in [0.3, 0.4) is 0 Å². The minimum absolute atomic E-state index is 0. The van der Waals surface area contributed by atoms with Gasteiger partial charge >= 0.3 is 0 Å². The quantitative estimate of drug-likeness (QED) is 0.876. The predicted molar refractivity (Wildman–Crippen MR) is 90.4 cm³/mol. The summed E-state index contributed by atoms with van der Waals surface area (Å²) in [6.07, 6.45) is 3.83. The maximum Gasteiger partial charge on any atom is 0.124 e. The molecular formula is C15H22Cl3FN2. The molecule has 0 spiro atoms. The monoisotopic (exact) mass is 354 g/mol. The zero-order chi connectivity index (χ0) is 13.2. The summed E-state index contributed by atoms with van der Waals surface area (Å²) in [5.74, 6) is 0.584. The van der Waals surface area contributed by atoms with Crippen molar-refractivity contribution in [1.82, 2.24) is 10.2 Å². The summed E-state index contributed by atoms with van der Waals surface area (Å²) in [4.78, 5) is 2.49. The van der Waals surface area contributed by atoms with Gasteiger partial charge in [0, 0.05) is 37.2 Å². The van der Waals surface area contributed by atoms with Crippen LogP contribution >= 0.6 is 36.4 Å². The van der Waals surface area contributed by atoms with Crippen LogP contribution in [0.5, 0.6) is 0 Å². The normalized spacial score (nSPS) is 20.3. The standard InChI is InChI=1S/C15H20ClFN2.2ClH/c16-14-10-12(17)3-4-13(14)15(9-11-1-2-11)19-7-5-18-6-8-19;;/h3-4,10-11,15,18H,1-2,5-9H2;2*1H/t15-;;/m0../s1. The van der Waals surface area contributed by atoms with Crippen molar-refractivity contribution in [2.24, 2.45) is 5.92 Å². The molecule has 0 bridgehead atoms. The third-order valence-electron chi connectivity index (χ3n) is 4.17. The molecule has 1 aromatic rings. The molecule has 1 saturated carbocycles. The van der Waals surface area contributed by atoms with E-state index in [1.807, 2.05) is 6.07 Å². The van der Waals surface area contributed by atoms with Gasteiger partial charge in [-0.2, -0.15) is 0 Å². The molecule has 1 atom stereocenters. The van der Waals surface area contributed by atoms with Crippen LogP contribution in [-0.4, -0.2) is 31.1 Å². The van der Waals surface area contributed by atoms with Crippen LogP contribution in [-0.2, 0) is 0 Å². The van der Waals surface area contributed by atoms with Gasteiger partial charge in [0.2, 0.25) is 0 Å². The molecule has 1 N–H and O–H groups in total. The third kappa shape index (κ3) is 4.97. The van der Waals surface area contributed by atoms with Crippen molar-refractivity contribution in [3.8, 4) is 0 Å². The zero-order valence-corrected chi connectivity index (χ0v) is 14.2. The molecule has 1 saturated heterocycles. The lowest BCUT2D eigenvalue weighted by molar-refractivity contribution is 0.160. The molecule has 0 aromatic heterocycles. The van der Waals surface area contributed by atoms with Crippen LogP contribution in [0.15, 0.2) is 18.2 Å². The van der Waals surface area contributed by atoms with E-state index in [0.717, 1.165) is 44.1 Å². The SMILES string of the molecule is Cl.Cl.Fc1ccc([C@H](CC2CC2)N2CCNCC2)c(Cl)c1. The first kappa shape index (κ1) is 19.0. The van der Waals surface area contributed by atoms with E-state index in [9.17, 15) is 4.39 Å². The Hall–Kier alpha value is -0.0600. The minimum Gasteiger partial charge on any atom is -0.314 e. The van der Waals surface area contributed by atoms with Crippen LogP contribution in [0.4, 0.5) is 4.39 Å². The van der Waals surface area contributed by atoms with E-state index >= 15 is 0 Å². The van der Waals surface area contributed by atoms with Crippen molar-refractivity contribution in [2.75, 3.05) is 26.2 Å². The molecular weight excluding hydrogens is 334 g/mol. The molecule has 1 aromatic carbocycles. The van der Waals surface area contributed by atoms with Crippen LogP contribution < -0.4 is 5.32 Å². The molecule has 2 fully saturated rings. The summed E-state index contributed by atoms with van der Waals surface area (Å²) < 4.78 is 13.2. The van der Waals surface area contributed by atoms with Gasteiger partial charge in [-0.1, -0.05) is 30.5 Å². The van der Waals surface area contributed by atoms with E-state index < -0.39 is 0 Å². The summed E-state index contributed by atoms with van der Waals surface area (Å²) >= 11 is 6.27. The van der Waals surface area contributed by atoms with Gasteiger partial charge in [0.1, 0.15) is 5.82 Å². The minimum atomic E-state index is -0.251. The fourth-order valence-electron chi connectivity index (χ4n) is 2.91. The second kappa shape index (κ2) is 8.54. The summed E-state index contributed by atoms with van der Waals surface area (Å²) in [7, 11) is 0. The van der Waals surface area contributed by atoms with E-state index in [2.05, 4.69) is 10.2 Å². The lowest BCUT2D eigenvalue weighted by Gasteiger charge is -2.35. The molecule has 6 heteroatoms. The van der Waals surface area contributed by atoms with E-state index in [4.69, 9.17) is 11.6 Å². The van der Waals surface area contributed by atoms with Gasteiger partial charge in [-0.05, 0) is 30.0 Å². The average molecular weight is 356 g/mol. The first-order valence-electron chi connectivity index (χ1n) is 7.14. The van der Waals surface area contributed by atoms with Crippen molar-refractivity contribution in [1.29, 1.82) is 0 Å². The summed E-state index contributed by atoms with van der Waals surface area (Å²) in [6.45, 7) is 4.15. The summed E-state index contributed by atoms with van der Waals surface area (Å²) in [5, 5.41) is 3.95. The van der Waals surface area contributed by atoms with Crippen molar-refractivity contribution in [3.63, 3.8) is 0 Å². The number of nitrogens with zero attached hydrogens (tertiary/aromatic N) is 1. The van der Waals surface area contributed by atoms with Crippen LogP contribution in [0.2, 0.25) is 5.02 Å². The zero-order valence-electron chi connectivity index (χ0n) is 11.9. The maximum absolute atomic E-state index is 13.2. The number of halogens is 4. The Labute approximate surface area is 143 Å². The van der Waals surface area contributed by atoms with E-state index in [1.54, 1.807) is 0 Å². The van der Waals surface area contributed by atoms with E-state index in [-0.39, 0.29) is 30.6 Å². The second-order valence-corrected chi connectivity index (χ2v) is 6.05. The van der Waals surface area contributed by atoms with Gasteiger partial charge in [0.25, 0.3) is 0 Å². The molecule has 120 valence electrons. The topological polar surface area (TPSA) is 15.3 Å². The largest absolute Gasteiger partial charge is 0.314 e. The molecule has 0 amide bonds. The summed E-state index contributed by atoms with van der Waals surface area (Å²) in [5.41, 5.74) is 1.09. The Morgan fingerprint density at radius 3 is 2.48 bits per heavy atom. The molecule has 2 nitrogen and oxygen atoms in total. The van der Waals surface area contributed by atoms with Gasteiger partial charge in [-0.3, -0.25) is 4.90 Å². The molecule has 2 aliphatic rings. The molecule has 1 heterocycles. The van der Waals surface area contributed by atoms with Gasteiger partial charge in [0.15, 0.2) is 0 Å². The number of nitrogens with one attached hydrogen (secondary N) is 1. The van der Waals surface area contributed by atoms with E-state index in [1.165, 1.54) is 25.0 Å². The molecule has 3 rings (SSSR count). The molecule has 0 radical (unpaired) electrons. The van der Waals surface area contributed by atoms with Crippen molar-refractivity contribution >= 4 is 36.4 Å². The van der Waals surface area contributed by atoms with Gasteiger partial charge < -0.3 is 5.32 Å². The molecule has 1 aliphatic heterocycles. The maximum atomic E-state index is 13.2. The highest BCUT2D eigenvalue weighted by Crippen LogP contribution is 2.41. The smallest absolute Gasteiger partial charge is 0.124 e. The Morgan fingerprint density at radius 1 is 1.24 bits per heavy atom. The Balaban J connectivity index is 0.00000110. The van der Waals surface area contributed by atoms with Crippen LogP contribution in [0.1, 0.15) is 30.9 Å². The van der Waals surface area contributed by atoms with Gasteiger partial charge in [-0.15, -0.1) is 24.8 Å². The first-order valence-corrected chi connectivity index (χ1v) is 7.51. The lowest BCUT2D eigenvalue weighted by atomic mass is 9.98. The number of hydrogen-bond acceptors (Lipinski definition) is 2. The average Bonchev–Trinajstić information content (AvgIpc) is 3.22.